The molecule has 0 aliphatic carbocycles. The lowest BCUT2D eigenvalue weighted by atomic mass is 10.2. The molecule has 16 heavy (non-hydrogen) atoms. The van der Waals surface area contributed by atoms with Gasteiger partial charge < -0.3 is 4.74 Å². The summed E-state index contributed by atoms with van der Waals surface area (Å²) in [5, 5.41) is 0.266. The van der Waals surface area contributed by atoms with Crippen LogP contribution in [0.3, 0.4) is 0 Å². The molecule has 0 aliphatic rings. The van der Waals surface area contributed by atoms with Gasteiger partial charge in [-0.15, -0.1) is 0 Å². The molecular formula is C9H15BrF3NO2. The van der Waals surface area contributed by atoms with Gasteiger partial charge >= 0.3 is 12.3 Å². The van der Waals surface area contributed by atoms with E-state index in [1.807, 2.05) is 0 Å². The summed E-state index contributed by atoms with van der Waals surface area (Å²) in [5.41, 5.74) is -0.798. The molecule has 0 saturated carbocycles. The number of halogens is 4. The summed E-state index contributed by atoms with van der Waals surface area (Å²) in [4.78, 5) is 12.0. The fraction of sp³-hybridized carbons (Fsp3) is 0.889. The maximum atomic E-state index is 12.2. The summed E-state index contributed by atoms with van der Waals surface area (Å²) in [6.45, 7) is 3.46. The van der Waals surface area contributed by atoms with Gasteiger partial charge in [0, 0.05) is 11.9 Å². The molecule has 0 N–H and O–H groups in total. The first-order valence-corrected chi connectivity index (χ1v) is 5.78. The molecule has 0 heterocycles. The van der Waals surface area contributed by atoms with Crippen LogP contribution in [0.1, 0.15) is 20.8 Å². The first-order chi connectivity index (χ1) is 7.05. The van der Waals surface area contributed by atoms with E-state index in [-0.39, 0.29) is 11.9 Å². The average Bonchev–Trinajstić information content (AvgIpc) is 1.97. The normalized spacial score (nSPS) is 12.4. The van der Waals surface area contributed by atoms with Gasteiger partial charge in [0.1, 0.15) is 12.1 Å². The van der Waals surface area contributed by atoms with Crippen molar-refractivity contribution in [1.29, 1.82) is 0 Å². The standard InChI is InChI=1S/C9H15BrF3NO2/c1-8(2,3)16-7(15)14(5-4-10)6-9(11,12)13/h4-6H2,1-3H3. The Morgan fingerprint density at radius 2 is 1.81 bits per heavy atom. The topological polar surface area (TPSA) is 29.5 Å². The average molecular weight is 306 g/mol. The zero-order chi connectivity index (χ0) is 13.0. The molecule has 0 atom stereocenters. The smallest absolute Gasteiger partial charge is 0.410 e. The molecule has 3 nitrogen and oxygen atoms in total. The number of nitrogens with zero attached hydrogens (tertiary/aromatic N) is 1. The van der Waals surface area contributed by atoms with Gasteiger partial charge in [-0.05, 0) is 20.8 Å². The third-order valence-corrected chi connectivity index (χ3v) is 1.73. The van der Waals surface area contributed by atoms with Crippen molar-refractivity contribution in [3.63, 3.8) is 0 Å². The third kappa shape index (κ3) is 7.78. The summed E-state index contributed by atoms with van der Waals surface area (Å²) >= 11 is 2.99. The molecule has 7 heteroatoms. The highest BCUT2D eigenvalue weighted by atomic mass is 79.9. The van der Waals surface area contributed by atoms with Crippen LogP contribution in [-0.2, 0) is 4.74 Å². The van der Waals surface area contributed by atoms with E-state index in [9.17, 15) is 18.0 Å². The molecule has 1 amide bonds. The molecule has 0 aliphatic heterocycles. The minimum absolute atomic E-state index is 0.0472. The largest absolute Gasteiger partial charge is 0.444 e. The fourth-order valence-electron chi connectivity index (χ4n) is 0.880. The lowest BCUT2D eigenvalue weighted by Crippen LogP contribution is -2.43. The number of carbonyl (C=O) groups is 1. The Hall–Kier alpha value is -0.460. The predicted molar refractivity (Wildman–Crippen MR) is 57.7 cm³/mol. The van der Waals surface area contributed by atoms with Crippen molar-refractivity contribution in [2.24, 2.45) is 0 Å². The number of amides is 1. The second kappa shape index (κ2) is 5.75. The summed E-state index contributed by atoms with van der Waals surface area (Å²) in [7, 11) is 0. The molecule has 0 fully saturated rings. The summed E-state index contributed by atoms with van der Waals surface area (Å²) in [6.07, 6.45) is -5.37. The molecule has 0 saturated heterocycles. The van der Waals surface area contributed by atoms with Crippen LogP contribution in [0.4, 0.5) is 18.0 Å². The lowest BCUT2D eigenvalue weighted by Gasteiger charge is -2.27. The fourth-order valence-corrected chi connectivity index (χ4v) is 1.31. The molecule has 0 aromatic carbocycles. The molecule has 0 unspecified atom stereocenters. The number of carbonyl (C=O) groups excluding carboxylic acids is 1. The minimum Gasteiger partial charge on any atom is -0.444 e. The highest BCUT2D eigenvalue weighted by molar-refractivity contribution is 9.09. The maximum absolute atomic E-state index is 12.2. The van der Waals surface area contributed by atoms with Crippen LogP contribution >= 0.6 is 15.9 Å². The predicted octanol–water partition coefficient (Wildman–Crippen LogP) is 3.18. The van der Waals surface area contributed by atoms with Crippen LogP contribution in [0.2, 0.25) is 0 Å². The molecule has 0 spiro atoms. The molecular weight excluding hydrogens is 291 g/mol. The van der Waals surface area contributed by atoms with Gasteiger partial charge in [0.2, 0.25) is 0 Å². The first kappa shape index (κ1) is 15.5. The van der Waals surface area contributed by atoms with E-state index in [1.165, 1.54) is 0 Å². The first-order valence-electron chi connectivity index (χ1n) is 4.66. The van der Waals surface area contributed by atoms with Crippen molar-refractivity contribution < 1.29 is 22.7 Å². The van der Waals surface area contributed by atoms with Crippen molar-refractivity contribution >= 4 is 22.0 Å². The molecule has 0 radical (unpaired) electrons. The van der Waals surface area contributed by atoms with Gasteiger partial charge in [0.05, 0.1) is 0 Å². The number of rotatable bonds is 3. The van der Waals surface area contributed by atoms with Gasteiger partial charge in [0.25, 0.3) is 0 Å². The number of alkyl halides is 4. The highest BCUT2D eigenvalue weighted by Crippen LogP contribution is 2.18. The Balaban J connectivity index is 4.47. The van der Waals surface area contributed by atoms with Gasteiger partial charge in [-0.1, -0.05) is 15.9 Å². The highest BCUT2D eigenvalue weighted by Gasteiger charge is 2.34. The molecule has 0 bridgehead atoms. The van der Waals surface area contributed by atoms with Crippen LogP contribution in [-0.4, -0.2) is 41.2 Å². The number of ether oxygens (including phenoxy) is 1. The lowest BCUT2D eigenvalue weighted by molar-refractivity contribution is -0.143. The van der Waals surface area contributed by atoms with Gasteiger partial charge in [0.15, 0.2) is 0 Å². The quantitative estimate of drug-likeness (QED) is 0.750. The van der Waals surface area contributed by atoms with Crippen molar-refractivity contribution in [3.8, 4) is 0 Å². The molecule has 0 rings (SSSR count). The minimum atomic E-state index is -4.42. The Bertz CT molecular complexity index is 238. The Kier molecular flexibility index (Phi) is 5.58. The Morgan fingerprint density at radius 3 is 2.12 bits per heavy atom. The van der Waals surface area contributed by atoms with Crippen LogP contribution in [0.25, 0.3) is 0 Å². The Labute approximate surface area is 101 Å². The number of hydrogen-bond donors (Lipinski definition) is 0. The Morgan fingerprint density at radius 1 is 1.31 bits per heavy atom. The zero-order valence-electron chi connectivity index (χ0n) is 9.40. The molecule has 0 aromatic heterocycles. The zero-order valence-corrected chi connectivity index (χ0v) is 11.0. The third-order valence-electron chi connectivity index (χ3n) is 1.38. The van der Waals surface area contributed by atoms with Crippen molar-refractivity contribution in [2.45, 2.75) is 32.5 Å². The van der Waals surface area contributed by atoms with E-state index in [0.29, 0.717) is 4.90 Å². The number of hydrogen-bond acceptors (Lipinski definition) is 2. The van der Waals surface area contributed by atoms with Crippen molar-refractivity contribution in [2.75, 3.05) is 18.4 Å². The van der Waals surface area contributed by atoms with E-state index >= 15 is 0 Å². The van der Waals surface area contributed by atoms with E-state index < -0.39 is 24.4 Å². The second-order valence-corrected chi connectivity index (χ2v) is 5.00. The van der Waals surface area contributed by atoms with E-state index in [2.05, 4.69) is 15.9 Å². The summed E-state index contributed by atoms with van der Waals surface area (Å²) in [6, 6.07) is 0. The van der Waals surface area contributed by atoms with Crippen molar-refractivity contribution in [3.05, 3.63) is 0 Å². The van der Waals surface area contributed by atoms with Gasteiger partial charge in [-0.25, -0.2) is 4.79 Å². The van der Waals surface area contributed by atoms with Crippen LogP contribution < -0.4 is 0 Å². The molecule has 0 aromatic rings. The van der Waals surface area contributed by atoms with Crippen molar-refractivity contribution in [1.82, 2.24) is 4.90 Å². The van der Waals surface area contributed by atoms with E-state index in [0.717, 1.165) is 0 Å². The second-order valence-electron chi connectivity index (χ2n) is 4.21. The van der Waals surface area contributed by atoms with E-state index in [1.54, 1.807) is 20.8 Å². The van der Waals surface area contributed by atoms with Crippen LogP contribution in [0.15, 0.2) is 0 Å². The van der Waals surface area contributed by atoms with Crippen LogP contribution in [0, 0.1) is 0 Å². The van der Waals surface area contributed by atoms with E-state index in [4.69, 9.17) is 4.74 Å². The van der Waals surface area contributed by atoms with Gasteiger partial charge in [-0.2, -0.15) is 13.2 Å². The van der Waals surface area contributed by atoms with Gasteiger partial charge in [-0.3, -0.25) is 4.90 Å². The molecule has 96 valence electrons. The summed E-state index contributed by atoms with van der Waals surface area (Å²) in [5.74, 6) is 0. The maximum Gasteiger partial charge on any atom is 0.410 e. The monoisotopic (exact) mass is 305 g/mol. The summed E-state index contributed by atoms with van der Waals surface area (Å²) < 4.78 is 41.3. The SMILES string of the molecule is CC(C)(C)OC(=O)N(CCBr)CC(F)(F)F. The van der Waals surface area contributed by atoms with Crippen LogP contribution in [0.5, 0.6) is 0 Å².